The van der Waals surface area contributed by atoms with E-state index < -0.39 is 33.5 Å². The van der Waals surface area contributed by atoms with Gasteiger partial charge in [-0.3, -0.25) is 19.5 Å². The Balaban J connectivity index is 1.48. The fourth-order valence-corrected chi connectivity index (χ4v) is 6.71. The van der Waals surface area contributed by atoms with Gasteiger partial charge in [0.1, 0.15) is 5.60 Å². The van der Waals surface area contributed by atoms with Crippen LogP contribution in [0.2, 0.25) is 0 Å². The standard InChI is InChI=1S/C26H32N4O7S/c1-16-21-22(19-14-18(7-8-20(19)27-16)38(34,35)28-10-12-36-13-11-28)24(32)30(23(21)31)15-17-6-5-9-29(17)25(33)37-26(2,3)4/h7-8,14,17H,5-6,9-13,15H2,1-4H3/t17-/m1/s1. The van der Waals surface area contributed by atoms with Gasteiger partial charge in [0.15, 0.2) is 0 Å². The highest BCUT2D eigenvalue weighted by Gasteiger charge is 2.43. The van der Waals surface area contributed by atoms with E-state index >= 15 is 0 Å². The smallest absolute Gasteiger partial charge is 0.410 e. The molecule has 5 rings (SSSR count). The molecule has 0 unspecified atom stereocenters. The van der Waals surface area contributed by atoms with Crippen LogP contribution in [0, 0.1) is 6.92 Å². The molecule has 0 aliphatic carbocycles. The minimum Gasteiger partial charge on any atom is -0.444 e. The Morgan fingerprint density at radius 2 is 1.79 bits per heavy atom. The molecule has 4 heterocycles. The first-order valence-electron chi connectivity index (χ1n) is 12.8. The normalized spacial score (nSPS) is 20.9. The zero-order chi connectivity index (χ0) is 27.4. The van der Waals surface area contributed by atoms with Crippen LogP contribution < -0.4 is 0 Å². The molecule has 3 aliphatic heterocycles. The second-order valence-electron chi connectivity index (χ2n) is 10.8. The number of benzene rings is 1. The number of carbonyl (C=O) groups is 3. The van der Waals surface area contributed by atoms with Crippen LogP contribution in [0.1, 0.15) is 60.0 Å². The third kappa shape index (κ3) is 4.65. The summed E-state index contributed by atoms with van der Waals surface area (Å²) in [6.45, 7) is 8.63. The van der Waals surface area contributed by atoms with Gasteiger partial charge in [-0.2, -0.15) is 4.31 Å². The number of hydrogen-bond donors (Lipinski definition) is 0. The zero-order valence-corrected chi connectivity index (χ0v) is 22.8. The number of fused-ring (bicyclic) bond motifs is 3. The molecular weight excluding hydrogens is 512 g/mol. The Bertz CT molecular complexity index is 1430. The number of pyridine rings is 1. The minimum atomic E-state index is -3.82. The van der Waals surface area contributed by atoms with Crippen molar-refractivity contribution < 1.29 is 32.3 Å². The number of likely N-dealkylation sites (tertiary alicyclic amines) is 1. The Kier molecular flexibility index (Phi) is 6.69. The number of nitrogens with zero attached hydrogens (tertiary/aromatic N) is 4. The third-order valence-electron chi connectivity index (χ3n) is 7.06. The molecule has 3 amide bonds. The molecular formula is C26H32N4O7S. The van der Waals surface area contributed by atoms with Crippen LogP contribution in [0.25, 0.3) is 10.9 Å². The van der Waals surface area contributed by atoms with E-state index in [1.807, 2.05) is 0 Å². The van der Waals surface area contributed by atoms with Crippen LogP contribution in [0.15, 0.2) is 23.1 Å². The number of aromatic nitrogens is 1. The van der Waals surface area contributed by atoms with E-state index in [1.54, 1.807) is 38.7 Å². The van der Waals surface area contributed by atoms with Crippen molar-refractivity contribution in [2.45, 2.75) is 57.1 Å². The highest BCUT2D eigenvalue weighted by Crippen LogP contribution is 2.34. The van der Waals surface area contributed by atoms with Crippen LogP contribution in [0.3, 0.4) is 0 Å². The molecule has 2 saturated heterocycles. The lowest BCUT2D eigenvalue weighted by Crippen LogP contribution is -2.46. The lowest BCUT2D eigenvalue weighted by atomic mass is 10.0. The predicted molar refractivity (Wildman–Crippen MR) is 137 cm³/mol. The molecule has 2 aromatic rings. The highest BCUT2D eigenvalue weighted by molar-refractivity contribution is 7.89. The number of morpholine rings is 1. The van der Waals surface area contributed by atoms with Gasteiger partial charge in [-0.1, -0.05) is 0 Å². The molecule has 1 atom stereocenters. The van der Waals surface area contributed by atoms with Gasteiger partial charge >= 0.3 is 6.09 Å². The van der Waals surface area contributed by atoms with Crippen molar-refractivity contribution in [2.24, 2.45) is 0 Å². The number of hydrogen-bond acceptors (Lipinski definition) is 8. The summed E-state index contributed by atoms with van der Waals surface area (Å²) in [5, 5.41) is 0.316. The number of ether oxygens (including phenoxy) is 2. The summed E-state index contributed by atoms with van der Waals surface area (Å²) in [6, 6.07) is 4.10. The van der Waals surface area contributed by atoms with Gasteiger partial charge in [-0.15, -0.1) is 0 Å². The van der Waals surface area contributed by atoms with Crippen LogP contribution in [0.4, 0.5) is 4.79 Å². The quantitative estimate of drug-likeness (QED) is 0.538. The Hall–Kier alpha value is -3.09. The van der Waals surface area contributed by atoms with E-state index in [1.165, 1.54) is 16.4 Å². The fraction of sp³-hybridized carbons (Fsp3) is 0.538. The van der Waals surface area contributed by atoms with Crippen molar-refractivity contribution in [3.63, 3.8) is 0 Å². The van der Waals surface area contributed by atoms with Gasteiger partial charge in [-0.05, 0) is 58.7 Å². The molecule has 204 valence electrons. The Morgan fingerprint density at radius 1 is 1.11 bits per heavy atom. The van der Waals surface area contributed by atoms with Gasteiger partial charge in [0.2, 0.25) is 10.0 Å². The number of imide groups is 1. The zero-order valence-electron chi connectivity index (χ0n) is 22.0. The second kappa shape index (κ2) is 9.58. The van der Waals surface area contributed by atoms with E-state index in [0.717, 1.165) is 11.3 Å². The lowest BCUT2D eigenvalue weighted by molar-refractivity contribution is 0.0191. The highest BCUT2D eigenvalue weighted by atomic mass is 32.2. The van der Waals surface area contributed by atoms with Crippen molar-refractivity contribution >= 4 is 38.8 Å². The van der Waals surface area contributed by atoms with E-state index in [4.69, 9.17) is 9.47 Å². The van der Waals surface area contributed by atoms with Crippen molar-refractivity contribution in [1.82, 2.24) is 19.1 Å². The van der Waals surface area contributed by atoms with Crippen molar-refractivity contribution in [1.29, 1.82) is 0 Å². The predicted octanol–water partition coefficient (Wildman–Crippen LogP) is 2.56. The fourth-order valence-electron chi connectivity index (χ4n) is 5.27. The van der Waals surface area contributed by atoms with E-state index in [2.05, 4.69) is 4.98 Å². The molecule has 3 aliphatic rings. The largest absolute Gasteiger partial charge is 0.444 e. The maximum absolute atomic E-state index is 13.7. The maximum Gasteiger partial charge on any atom is 0.410 e. The van der Waals surface area contributed by atoms with Crippen LogP contribution in [0.5, 0.6) is 0 Å². The summed E-state index contributed by atoms with van der Waals surface area (Å²) in [7, 11) is -3.82. The molecule has 11 nitrogen and oxygen atoms in total. The molecule has 0 N–H and O–H groups in total. The van der Waals surface area contributed by atoms with Gasteiger partial charge in [0.25, 0.3) is 11.8 Å². The minimum absolute atomic E-state index is 0.0261. The first-order chi connectivity index (χ1) is 17.9. The molecule has 1 aromatic carbocycles. The van der Waals surface area contributed by atoms with Crippen LogP contribution in [-0.2, 0) is 19.5 Å². The third-order valence-corrected chi connectivity index (χ3v) is 8.96. The summed E-state index contributed by atoms with van der Waals surface area (Å²) in [4.78, 5) is 47.2. The number of amides is 3. The summed E-state index contributed by atoms with van der Waals surface area (Å²) in [5.41, 5.74) is 0.485. The SMILES string of the molecule is Cc1nc2ccc(S(=O)(=O)N3CCOCC3)cc2c2c1C(=O)N(C[C@H]1CCCN1C(=O)OC(C)(C)C)C2=O. The number of rotatable bonds is 4. The van der Waals surface area contributed by atoms with E-state index in [9.17, 15) is 22.8 Å². The molecule has 0 radical (unpaired) electrons. The molecule has 1 aromatic heterocycles. The van der Waals surface area contributed by atoms with Gasteiger partial charge in [0, 0.05) is 31.6 Å². The molecule has 0 bridgehead atoms. The van der Waals surface area contributed by atoms with Crippen molar-refractivity contribution in [3.05, 3.63) is 35.0 Å². The van der Waals surface area contributed by atoms with Gasteiger partial charge < -0.3 is 14.4 Å². The van der Waals surface area contributed by atoms with Gasteiger partial charge in [-0.25, -0.2) is 13.2 Å². The summed E-state index contributed by atoms with van der Waals surface area (Å²) >= 11 is 0. The van der Waals surface area contributed by atoms with Crippen LogP contribution >= 0.6 is 0 Å². The summed E-state index contributed by atoms with van der Waals surface area (Å²) in [5.74, 6) is -1.01. The summed E-state index contributed by atoms with van der Waals surface area (Å²) < 4.78 is 38.7. The van der Waals surface area contributed by atoms with Crippen molar-refractivity contribution in [3.8, 4) is 0 Å². The first kappa shape index (κ1) is 26.5. The lowest BCUT2D eigenvalue weighted by Gasteiger charge is -2.30. The van der Waals surface area contributed by atoms with E-state index in [-0.39, 0.29) is 41.7 Å². The topological polar surface area (TPSA) is 126 Å². The monoisotopic (exact) mass is 544 g/mol. The molecule has 0 spiro atoms. The average molecular weight is 545 g/mol. The molecule has 0 saturated carbocycles. The Morgan fingerprint density at radius 3 is 2.47 bits per heavy atom. The summed E-state index contributed by atoms with van der Waals surface area (Å²) in [6.07, 6.45) is 0.893. The molecule has 38 heavy (non-hydrogen) atoms. The average Bonchev–Trinajstić information content (AvgIpc) is 3.42. The van der Waals surface area contributed by atoms with Gasteiger partial charge in [0.05, 0.1) is 46.5 Å². The number of sulfonamides is 1. The second-order valence-corrected chi connectivity index (χ2v) is 12.8. The first-order valence-corrected chi connectivity index (χ1v) is 14.2. The Labute approximate surface area is 221 Å². The molecule has 2 fully saturated rings. The molecule has 12 heteroatoms. The van der Waals surface area contributed by atoms with Crippen LogP contribution in [-0.4, -0.2) is 96.5 Å². The van der Waals surface area contributed by atoms with E-state index in [0.29, 0.717) is 42.8 Å². The van der Waals surface area contributed by atoms with Crippen molar-refractivity contribution in [2.75, 3.05) is 39.4 Å². The maximum atomic E-state index is 13.7. The number of carbonyl (C=O) groups excluding carboxylic acids is 3. The number of aryl methyl sites for hydroxylation is 1.